The Morgan fingerprint density at radius 1 is 1.26 bits per heavy atom. The van der Waals surface area contributed by atoms with Gasteiger partial charge in [-0.15, -0.1) is 0 Å². The van der Waals surface area contributed by atoms with Crippen LogP contribution < -0.4 is 26.0 Å². The molecule has 0 radical (unpaired) electrons. The molecule has 0 fully saturated rings. The number of amides is 1. The van der Waals surface area contributed by atoms with Gasteiger partial charge in [0.25, 0.3) is 5.56 Å². The first-order valence-corrected chi connectivity index (χ1v) is 6.83. The molecular weight excluding hydrogens is 326 g/mol. The fourth-order valence-corrected chi connectivity index (χ4v) is 2.11. The quantitative estimate of drug-likeness (QED) is 0.840. The number of aromatic nitrogens is 2. The second-order valence-electron chi connectivity index (χ2n) is 4.47. The summed E-state index contributed by atoms with van der Waals surface area (Å²) in [5.74, 6) is 0.269. The van der Waals surface area contributed by atoms with Gasteiger partial charge in [-0.25, -0.2) is 4.79 Å². The highest BCUT2D eigenvalue weighted by Gasteiger charge is 2.13. The lowest BCUT2D eigenvalue weighted by Crippen LogP contribution is -2.32. The van der Waals surface area contributed by atoms with E-state index in [-0.39, 0.29) is 6.54 Å². The van der Waals surface area contributed by atoms with Crippen molar-refractivity contribution < 1.29 is 14.3 Å². The van der Waals surface area contributed by atoms with Crippen LogP contribution in [0, 0.1) is 0 Å². The van der Waals surface area contributed by atoms with E-state index in [1.807, 2.05) is 0 Å². The number of benzene rings is 1. The fourth-order valence-electron chi connectivity index (χ4n) is 1.87. The average Bonchev–Trinajstić information content (AvgIpc) is 2.50. The predicted octanol–water partition coefficient (Wildman–Crippen LogP) is 0.846. The van der Waals surface area contributed by atoms with Crippen molar-refractivity contribution in [2.24, 2.45) is 0 Å². The molecule has 1 amide bonds. The number of carbonyl (C=O) groups is 1. The normalized spacial score (nSPS) is 10.2. The van der Waals surface area contributed by atoms with Crippen LogP contribution in [-0.4, -0.2) is 29.7 Å². The van der Waals surface area contributed by atoms with Crippen LogP contribution in [0.2, 0.25) is 5.02 Å². The number of aromatic amines is 1. The predicted molar refractivity (Wildman–Crippen MR) is 84.5 cm³/mol. The molecule has 0 saturated heterocycles. The second-order valence-corrected chi connectivity index (χ2v) is 4.88. The van der Waals surface area contributed by atoms with Crippen LogP contribution in [-0.2, 0) is 11.3 Å². The topological polar surface area (TPSA) is 102 Å². The van der Waals surface area contributed by atoms with Crippen LogP contribution in [0.4, 0.5) is 5.69 Å². The molecule has 0 aliphatic heterocycles. The standard InChI is InChI=1S/C14H14ClN3O5/c1-22-10-6-11(23-2)9(5-8(10)15)16-13(20)7-18-4-3-12(19)17-14(18)21/h3-6H,7H2,1-2H3,(H,16,20)(H,17,19,21). The van der Waals surface area contributed by atoms with Gasteiger partial charge in [0.2, 0.25) is 5.91 Å². The zero-order valence-electron chi connectivity index (χ0n) is 12.4. The van der Waals surface area contributed by atoms with Gasteiger partial charge in [0, 0.05) is 18.3 Å². The zero-order valence-corrected chi connectivity index (χ0v) is 13.1. The van der Waals surface area contributed by atoms with Crippen molar-refractivity contribution in [2.75, 3.05) is 19.5 Å². The van der Waals surface area contributed by atoms with E-state index in [0.29, 0.717) is 22.2 Å². The molecule has 0 unspecified atom stereocenters. The lowest BCUT2D eigenvalue weighted by molar-refractivity contribution is -0.116. The molecule has 1 heterocycles. The van der Waals surface area contributed by atoms with E-state index >= 15 is 0 Å². The third-order valence-corrected chi connectivity index (χ3v) is 3.25. The van der Waals surface area contributed by atoms with Crippen LogP contribution in [0.5, 0.6) is 11.5 Å². The number of ether oxygens (including phenoxy) is 2. The van der Waals surface area contributed by atoms with Gasteiger partial charge >= 0.3 is 5.69 Å². The van der Waals surface area contributed by atoms with Gasteiger partial charge in [-0.2, -0.15) is 0 Å². The van der Waals surface area contributed by atoms with Crippen molar-refractivity contribution in [1.29, 1.82) is 0 Å². The molecule has 2 aromatic rings. The summed E-state index contributed by atoms with van der Waals surface area (Å²) in [6.45, 7) is -0.275. The third-order valence-electron chi connectivity index (χ3n) is 2.96. The van der Waals surface area contributed by atoms with Gasteiger partial charge in [-0.3, -0.25) is 19.1 Å². The maximum absolute atomic E-state index is 12.1. The summed E-state index contributed by atoms with van der Waals surface area (Å²) in [4.78, 5) is 36.7. The van der Waals surface area contributed by atoms with E-state index in [0.717, 1.165) is 10.6 Å². The number of H-pyrrole nitrogens is 1. The summed E-state index contributed by atoms with van der Waals surface area (Å²) in [7, 11) is 2.90. The Hall–Kier alpha value is -2.74. The summed E-state index contributed by atoms with van der Waals surface area (Å²) in [6.07, 6.45) is 1.24. The molecule has 0 spiro atoms. The van der Waals surface area contributed by atoms with Crippen LogP contribution in [0.15, 0.2) is 34.0 Å². The van der Waals surface area contributed by atoms with Gasteiger partial charge < -0.3 is 14.8 Å². The summed E-state index contributed by atoms with van der Waals surface area (Å²) >= 11 is 6.02. The Balaban J connectivity index is 2.21. The van der Waals surface area contributed by atoms with E-state index in [9.17, 15) is 14.4 Å². The molecule has 0 aliphatic carbocycles. The molecule has 1 aromatic carbocycles. The smallest absolute Gasteiger partial charge is 0.328 e. The molecule has 23 heavy (non-hydrogen) atoms. The summed E-state index contributed by atoms with van der Waals surface area (Å²) in [5.41, 5.74) is -0.872. The molecule has 1 aromatic heterocycles. The maximum atomic E-state index is 12.1. The van der Waals surface area contributed by atoms with E-state index in [1.54, 1.807) is 0 Å². The molecule has 2 N–H and O–H groups in total. The highest BCUT2D eigenvalue weighted by molar-refractivity contribution is 6.32. The first kappa shape index (κ1) is 16.6. The number of hydrogen-bond acceptors (Lipinski definition) is 5. The largest absolute Gasteiger partial charge is 0.495 e. The van der Waals surface area contributed by atoms with Gasteiger partial charge in [0.15, 0.2) is 0 Å². The minimum Gasteiger partial charge on any atom is -0.495 e. The zero-order chi connectivity index (χ0) is 17.0. The number of anilines is 1. The van der Waals surface area contributed by atoms with Gasteiger partial charge in [0.1, 0.15) is 18.0 Å². The first-order chi connectivity index (χ1) is 10.9. The van der Waals surface area contributed by atoms with Crippen LogP contribution in [0.3, 0.4) is 0 Å². The second kappa shape index (κ2) is 7.01. The van der Waals surface area contributed by atoms with Crippen molar-refractivity contribution in [1.82, 2.24) is 9.55 Å². The highest BCUT2D eigenvalue weighted by atomic mass is 35.5. The molecule has 0 saturated carbocycles. The number of halogens is 1. The van der Waals surface area contributed by atoms with Crippen molar-refractivity contribution in [3.05, 3.63) is 50.3 Å². The number of methoxy groups -OCH3 is 2. The fraction of sp³-hybridized carbons (Fsp3) is 0.214. The minimum absolute atomic E-state index is 0.275. The summed E-state index contributed by atoms with van der Waals surface area (Å²) in [6, 6.07) is 4.16. The Kier molecular flexibility index (Phi) is 5.07. The SMILES string of the molecule is COc1cc(OC)c(NC(=O)Cn2ccc(=O)[nH]c2=O)cc1Cl. The Bertz CT molecular complexity index is 843. The van der Waals surface area contributed by atoms with Gasteiger partial charge in [0.05, 0.1) is 24.9 Å². The number of rotatable bonds is 5. The van der Waals surface area contributed by atoms with Crippen LogP contribution in [0.25, 0.3) is 0 Å². The van der Waals surface area contributed by atoms with Crippen molar-refractivity contribution >= 4 is 23.2 Å². The van der Waals surface area contributed by atoms with Crippen LogP contribution in [0.1, 0.15) is 0 Å². The molecule has 0 aliphatic rings. The molecule has 8 nitrogen and oxygen atoms in total. The van der Waals surface area contributed by atoms with Gasteiger partial charge in [-0.05, 0) is 6.07 Å². The molecule has 122 valence electrons. The summed E-state index contributed by atoms with van der Waals surface area (Å²) in [5, 5.41) is 2.88. The molecule has 0 bridgehead atoms. The van der Waals surface area contributed by atoms with E-state index < -0.39 is 17.2 Å². The summed E-state index contributed by atoms with van der Waals surface area (Å²) < 4.78 is 11.3. The Morgan fingerprint density at radius 3 is 2.57 bits per heavy atom. The number of hydrogen-bond donors (Lipinski definition) is 2. The van der Waals surface area contributed by atoms with Crippen LogP contribution >= 0.6 is 11.6 Å². The number of nitrogens with one attached hydrogen (secondary N) is 2. The van der Waals surface area contributed by atoms with Crippen molar-refractivity contribution in [2.45, 2.75) is 6.54 Å². The number of nitrogens with zero attached hydrogens (tertiary/aromatic N) is 1. The first-order valence-electron chi connectivity index (χ1n) is 6.45. The third kappa shape index (κ3) is 3.92. The maximum Gasteiger partial charge on any atom is 0.328 e. The van der Waals surface area contributed by atoms with E-state index in [2.05, 4.69) is 10.3 Å². The lowest BCUT2D eigenvalue weighted by atomic mass is 10.2. The Morgan fingerprint density at radius 2 is 1.96 bits per heavy atom. The minimum atomic E-state index is -0.674. The van der Waals surface area contributed by atoms with Crippen molar-refractivity contribution in [3.63, 3.8) is 0 Å². The average molecular weight is 340 g/mol. The molecule has 2 rings (SSSR count). The van der Waals surface area contributed by atoms with E-state index in [4.69, 9.17) is 21.1 Å². The highest BCUT2D eigenvalue weighted by Crippen LogP contribution is 2.35. The van der Waals surface area contributed by atoms with E-state index in [1.165, 1.54) is 32.5 Å². The monoisotopic (exact) mass is 339 g/mol. The number of carbonyl (C=O) groups excluding carboxylic acids is 1. The molecule has 0 atom stereocenters. The molecular formula is C14H14ClN3O5. The molecule has 9 heteroatoms. The van der Waals surface area contributed by atoms with Gasteiger partial charge in [-0.1, -0.05) is 11.6 Å². The Labute approximate surface area is 135 Å². The lowest BCUT2D eigenvalue weighted by Gasteiger charge is -2.13. The van der Waals surface area contributed by atoms with Crippen molar-refractivity contribution in [3.8, 4) is 11.5 Å².